The maximum atomic E-state index is 12.4. The second-order valence-electron chi connectivity index (χ2n) is 6.29. The molecule has 0 saturated carbocycles. The van der Waals surface area contributed by atoms with Crippen molar-refractivity contribution in [3.05, 3.63) is 46.2 Å². The van der Waals surface area contributed by atoms with Crippen molar-refractivity contribution in [1.82, 2.24) is 20.4 Å². The van der Waals surface area contributed by atoms with Gasteiger partial charge in [-0.25, -0.2) is 4.68 Å². The molecule has 2 aromatic rings. The van der Waals surface area contributed by atoms with Gasteiger partial charge in [0.1, 0.15) is 0 Å². The highest BCUT2D eigenvalue weighted by atomic mass is 79.9. The van der Waals surface area contributed by atoms with Gasteiger partial charge in [0.05, 0.1) is 23.1 Å². The standard InChI is InChI=1S/C18H23BrN4O/c1-13-17(12-22-23(13)16-6-4-15(19)5-7-16)18(24)21-10-8-14-3-2-9-20-11-14/h4-7,12,14,20H,2-3,8-11H2,1H3,(H,21,24). The molecule has 1 unspecified atom stereocenters. The van der Waals surface area contributed by atoms with Crippen LogP contribution in [0.1, 0.15) is 35.3 Å². The minimum absolute atomic E-state index is 0.0420. The van der Waals surface area contributed by atoms with E-state index in [1.807, 2.05) is 31.2 Å². The lowest BCUT2D eigenvalue weighted by Gasteiger charge is -2.22. The van der Waals surface area contributed by atoms with Crippen molar-refractivity contribution in [1.29, 1.82) is 0 Å². The highest BCUT2D eigenvalue weighted by Gasteiger charge is 2.16. The maximum Gasteiger partial charge on any atom is 0.254 e. The molecule has 1 aliphatic rings. The number of hydrogen-bond donors (Lipinski definition) is 2. The van der Waals surface area contributed by atoms with Crippen molar-refractivity contribution < 1.29 is 4.79 Å². The van der Waals surface area contributed by atoms with Gasteiger partial charge in [-0.15, -0.1) is 0 Å². The van der Waals surface area contributed by atoms with E-state index in [2.05, 4.69) is 31.7 Å². The van der Waals surface area contributed by atoms with Gasteiger partial charge in [-0.1, -0.05) is 15.9 Å². The van der Waals surface area contributed by atoms with Crippen LogP contribution in [0.25, 0.3) is 5.69 Å². The summed E-state index contributed by atoms with van der Waals surface area (Å²) in [4.78, 5) is 12.4. The van der Waals surface area contributed by atoms with Gasteiger partial charge in [0, 0.05) is 11.0 Å². The Hall–Kier alpha value is -1.66. The van der Waals surface area contributed by atoms with E-state index in [0.29, 0.717) is 18.0 Å². The van der Waals surface area contributed by atoms with E-state index in [0.717, 1.165) is 35.4 Å². The SMILES string of the molecule is Cc1c(C(=O)NCCC2CCCNC2)cnn1-c1ccc(Br)cc1. The first-order chi connectivity index (χ1) is 11.6. The molecule has 1 aromatic carbocycles. The monoisotopic (exact) mass is 390 g/mol. The van der Waals surface area contributed by atoms with Gasteiger partial charge < -0.3 is 10.6 Å². The first-order valence-electron chi connectivity index (χ1n) is 8.44. The highest BCUT2D eigenvalue weighted by Crippen LogP contribution is 2.17. The van der Waals surface area contributed by atoms with E-state index in [1.165, 1.54) is 12.8 Å². The number of rotatable bonds is 5. The largest absolute Gasteiger partial charge is 0.352 e. The third-order valence-corrected chi connectivity index (χ3v) is 5.09. The van der Waals surface area contributed by atoms with Crippen LogP contribution in [0.3, 0.4) is 0 Å². The summed E-state index contributed by atoms with van der Waals surface area (Å²) in [6.45, 7) is 4.83. The molecule has 1 fully saturated rings. The van der Waals surface area contributed by atoms with E-state index in [-0.39, 0.29) is 5.91 Å². The summed E-state index contributed by atoms with van der Waals surface area (Å²) in [5.41, 5.74) is 2.44. The molecule has 6 heteroatoms. The Kier molecular flexibility index (Phi) is 5.68. The molecular weight excluding hydrogens is 368 g/mol. The van der Waals surface area contributed by atoms with Crippen LogP contribution in [0.4, 0.5) is 0 Å². The molecule has 1 aromatic heterocycles. The van der Waals surface area contributed by atoms with E-state index < -0.39 is 0 Å². The van der Waals surface area contributed by atoms with Crippen LogP contribution in [0, 0.1) is 12.8 Å². The van der Waals surface area contributed by atoms with Crippen molar-refractivity contribution in [2.24, 2.45) is 5.92 Å². The number of nitrogens with one attached hydrogen (secondary N) is 2. The van der Waals surface area contributed by atoms with Crippen LogP contribution in [-0.4, -0.2) is 35.3 Å². The van der Waals surface area contributed by atoms with Crippen LogP contribution in [0.15, 0.2) is 34.9 Å². The molecular formula is C18H23BrN4O. The van der Waals surface area contributed by atoms with Gasteiger partial charge >= 0.3 is 0 Å². The Morgan fingerprint density at radius 3 is 2.92 bits per heavy atom. The van der Waals surface area contributed by atoms with Gasteiger partial charge in [-0.05, 0) is 69.5 Å². The highest BCUT2D eigenvalue weighted by molar-refractivity contribution is 9.10. The lowest BCUT2D eigenvalue weighted by atomic mass is 9.96. The number of carbonyl (C=O) groups excluding carboxylic acids is 1. The summed E-state index contributed by atoms with van der Waals surface area (Å²) in [6.07, 6.45) is 5.16. The summed E-state index contributed by atoms with van der Waals surface area (Å²) in [5.74, 6) is 0.630. The van der Waals surface area contributed by atoms with E-state index in [9.17, 15) is 4.79 Å². The average molecular weight is 391 g/mol. The first kappa shape index (κ1) is 17.2. The van der Waals surface area contributed by atoms with Gasteiger partial charge in [0.15, 0.2) is 0 Å². The van der Waals surface area contributed by atoms with Gasteiger partial charge in [0.2, 0.25) is 0 Å². The van der Waals surface area contributed by atoms with E-state index >= 15 is 0 Å². The zero-order valence-corrected chi connectivity index (χ0v) is 15.5. The quantitative estimate of drug-likeness (QED) is 0.824. The summed E-state index contributed by atoms with van der Waals surface area (Å²) < 4.78 is 2.82. The molecule has 1 atom stereocenters. The Morgan fingerprint density at radius 2 is 2.21 bits per heavy atom. The molecule has 1 aliphatic heterocycles. The number of amides is 1. The fourth-order valence-electron chi connectivity index (χ4n) is 3.13. The van der Waals surface area contributed by atoms with Crippen molar-refractivity contribution in [3.8, 4) is 5.69 Å². The van der Waals surface area contributed by atoms with Crippen molar-refractivity contribution in [3.63, 3.8) is 0 Å². The molecule has 2 N–H and O–H groups in total. The normalized spacial score (nSPS) is 17.7. The summed E-state index contributed by atoms with van der Waals surface area (Å²) in [6, 6.07) is 7.88. The van der Waals surface area contributed by atoms with E-state index in [1.54, 1.807) is 10.9 Å². The smallest absolute Gasteiger partial charge is 0.254 e. The van der Waals surface area contributed by atoms with Crippen LogP contribution in [-0.2, 0) is 0 Å². The molecule has 1 saturated heterocycles. The van der Waals surface area contributed by atoms with Crippen molar-refractivity contribution in [2.45, 2.75) is 26.2 Å². The number of benzene rings is 1. The molecule has 24 heavy (non-hydrogen) atoms. The molecule has 0 radical (unpaired) electrons. The topological polar surface area (TPSA) is 59.0 Å². The zero-order chi connectivity index (χ0) is 16.9. The third kappa shape index (κ3) is 4.05. The molecule has 0 spiro atoms. The predicted molar refractivity (Wildman–Crippen MR) is 98.5 cm³/mol. The number of piperidine rings is 1. The fourth-order valence-corrected chi connectivity index (χ4v) is 3.39. The molecule has 5 nitrogen and oxygen atoms in total. The number of aromatic nitrogens is 2. The van der Waals surface area contributed by atoms with Gasteiger partial charge in [-0.2, -0.15) is 5.10 Å². The Labute approximate surface area is 151 Å². The minimum atomic E-state index is -0.0420. The lowest BCUT2D eigenvalue weighted by molar-refractivity contribution is 0.0950. The fraction of sp³-hybridized carbons (Fsp3) is 0.444. The Morgan fingerprint density at radius 1 is 1.42 bits per heavy atom. The summed E-state index contributed by atoms with van der Waals surface area (Å²) in [5, 5.41) is 10.8. The summed E-state index contributed by atoms with van der Waals surface area (Å²) in [7, 11) is 0. The van der Waals surface area contributed by atoms with Gasteiger partial charge in [-0.3, -0.25) is 4.79 Å². The molecule has 3 rings (SSSR count). The predicted octanol–water partition coefficient (Wildman–Crippen LogP) is 3.06. The van der Waals surface area contributed by atoms with Crippen molar-refractivity contribution in [2.75, 3.05) is 19.6 Å². The second kappa shape index (κ2) is 7.94. The second-order valence-corrected chi connectivity index (χ2v) is 7.20. The summed E-state index contributed by atoms with van der Waals surface area (Å²) >= 11 is 3.43. The first-order valence-corrected chi connectivity index (χ1v) is 9.24. The Bertz CT molecular complexity index is 690. The number of hydrogen-bond acceptors (Lipinski definition) is 3. The molecule has 0 aliphatic carbocycles. The van der Waals surface area contributed by atoms with E-state index in [4.69, 9.17) is 0 Å². The van der Waals surface area contributed by atoms with Gasteiger partial charge in [0.25, 0.3) is 5.91 Å². The zero-order valence-electron chi connectivity index (χ0n) is 13.9. The number of nitrogens with zero attached hydrogens (tertiary/aromatic N) is 2. The number of halogens is 1. The molecule has 128 valence electrons. The number of carbonyl (C=O) groups is 1. The average Bonchev–Trinajstić information content (AvgIpc) is 2.98. The maximum absolute atomic E-state index is 12.4. The van der Waals surface area contributed by atoms with Crippen molar-refractivity contribution >= 4 is 21.8 Å². The molecule has 2 heterocycles. The third-order valence-electron chi connectivity index (χ3n) is 4.56. The van der Waals surface area contributed by atoms with Crippen LogP contribution in [0.5, 0.6) is 0 Å². The molecule has 1 amide bonds. The lowest BCUT2D eigenvalue weighted by Crippen LogP contribution is -2.33. The van der Waals surface area contributed by atoms with Crippen LogP contribution >= 0.6 is 15.9 Å². The molecule has 0 bridgehead atoms. The van der Waals surface area contributed by atoms with Crippen LogP contribution < -0.4 is 10.6 Å². The minimum Gasteiger partial charge on any atom is -0.352 e. The Balaban J connectivity index is 1.60. The van der Waals surface area contributed by atoms with Crippen LogP contribution in [0.2, 0.25) is 0 Å².